The highest BCUT2D eigenvalue weighted by Crippen LogP contribution is 2.11. The molecule has 0 aromatic carbocycles. The zero-order valence-electron chi connectivity index (χ0n) is 10.2. The first-order valence-corrected chi connectivity index (χ1v) is 5.11. The molecule has 0 spiro atoms. The van der Waals surface area contributed by atoms with Crippen molar-refractivity contribution >= 4 is 11.8 Å². The number of carbonyl (C=O) groups excluding carboxylic acids is 2. The molecule has 0 radical (unpaired) electrons. The number of nitrogens with one attached hydrogen (secondary N) is 1. The van der Waals surface area contributed by atoms with Crippen LogP contribution in [0.2, 0.25) is 0 Å². The summed E-state index contributed by atoms with van der Waals surface area (Å²) in [4.78, 5) is 22.0. The number of amides is 2. The van der Waals surface area contributed by atoms with E-state index in [9.17, 15) is 14.7 Å². The van der Waals surface area contributed by atoms with E-state index in [1.165, 1.54) is 21.1 Å². The molecule has 0 aromatic heterocycles. The molecule has 0 saturated carbocycles. The van der Waals surface area contributed by atoms with Crippen molar-refractivity contribution in [2.45, 2.75) is 31.7 Å². The quantitative estimate of drug-likeness (QED) is 0.503. The van der Waals surface area contributed by atoms with Gasteiger partial charge in [0.05, 0.1) is 19.1 Å². The molecule has 0 aliphatic heterocycles. The maximum atomic E-state index is 11.3. The third kappa shape index (κ3) is 5.73. The first kappa shape index (κ1) is 16.0. The normalized spacial score (nSPS) is 16.1. The van der Waals surface area contributed by atoms with Crippen LogP contribution in [-0.4, -0.2) is 61.2 Å². The number of methoxy groups -OCH3 is 2. The molecule has 0 fully saturated rings. The number of hydrogen-bond donors (Lipinski definition) is 3. The predicted molar refractivity (Wildman–Crippen MR) is 58.1 cm³/mol. The van der Waals surface area contributed by atoms with Crippen LogP contribution in [0.25, 0.3) is 0 Å². The van der Waals surface area contributed by atoms with Crippen LogP contribution < -0.4 is 5.32 Å². The van der Waals surface area contributed by atoms with Crippen LogP contribution in [0.3, 0.4) is 0 Å². The lowest BCUT2D eigenvalue weighted by molar-refractivity contribution is -0.137. The van der Waals surface area contributed by atoms with Gasteiger partial charge in [0.25, 0.3) is 0 Å². The topological polar surface area (TPSA) is 105 Å². The van der Waals surface area contributed by atoms with Gasteiger partial charge in [0, 0.05) is 21.1 Å². The predicted octanol–water partition coefficient (Wildman–Crippen LogP) is -1.58. The van der Waals surface area contributed by atoms with E-state index in [-0.39, 0.29) is 6.42 Å². The monoisotopic (exact) mass is 249 g/mol. The molecule has 0 heterocycles. The lowest BCUT2D eigenvalue weighted by Gasteiger charge is -2.27. The summed E-state index contributed by atoms with van der Waals surface area (Å²) >= 11 is 0. The van der Waals surface area contributed by atoms with Gasteiger partial charge in [-0.05, 0) is 0 Å². The van der Waals surface area contributed by atoms with Gasteiger partial charge >= 0.3 is 0 Å². The van der Waals surface area contributed by atoms with Crippen molar-refractivity contribution in [2.24, 2.45) is 0 Å². The Hall–Kier alpha value is -1.02. The first-order chi connectivity index (χ1) is 7.96. The van der Waals surface area contributed by atoms with Crippen LogP contribution in [-0.2, 0) is 19.1 Å². The zero-order valence-corrected chi connectivity index (χ0v) is 10.2. The Morgan fingerprint density at radius 2 is 1.88 bits per heavy atom. The van der Waals surface area contributed by atoms with Gasteiger partial charge in [0.1, 0.15) is 12.2 Å². The largest absolute Gasteiger partial charge is 0.394 e. The van der Waals surface area contributed by atoms with Crippen molar-refractivity contribution in [3.63, 3.8) is 0 Å². The molecule has 2 amide bonds. The van der Waals surface area contributed by atoms with Crippen molar-refractivity contribution in [3.05, 3.63) is 0 Å². The van der Waals surface area contributed by atoms with E-state index in [2.05, 4.69) is 5.32 Å². The van der Waals surface area contributed by atoms with Gasteiger partial charge in [-0.15, -0.1) is 0 Å². The molecule has 100 valence electrons. The Morgan fingerprint density at radius 3 is 2.24 bits per heavy atom. The second-order valence-electron chi connectivity index (χ2n) is 3.53. The fourth-order valence-electron chi connectivity index (χ4n) is 1.42. The molecule has 0 unspecified atom stereocenters. The highest BCUT2D eigenvalue weighted by atomic mass is 16.5. The molecule has 0 aromatic rings. The van der Waals surface area contributed by atoms with Gasteiger partial charge in [0.15, 0.2) is 0 Å². The molecule has 3 N–H and O–H groups in total. The van der Waals surface area contributed by atoms with Gasteiger partial charge < -0.3 is 19.7 Å². The molecular formula is C10H19NO6. The smallest absolute Gasteiger partial charge is 0.229 e. The summed E-state index contributed by atoms with van der Waals surface area (Å²) in [5.74, 6) is -1.00. The number of hydrogen-bond acceptors (Lipinski definition) is 6. The second kappa shape index (κ2) is 8.13. The van der Waals surface area contributed by atoms with Crippen molar-refractivity contribution < 1.29 is 29.3 Å². The molecule has 17 heavy (non-hydrogen) atoms. The minimum Gasteiger partial charge on any atom is -0.394 e. The Labute approximate surface area is 99.7 Å². The second-order valence-corrected chi connectivity index (χ2v) is 3.53. The lowest BCUT2D eigenvalue weighted by atomic mass is 10.0. The van der Waals surface area contributed by atoms with Crippen molar-refractivity contribution in [3.8, 4) is 0 Å². The third-order valence-corrected chi connectivity index (χ3v) is 2.21. The van der Waals surface area contributed by atoms with Crippen LogP contribution in [0.15, 0.2) is 0 Å². The van der Waals surface area contributed by atoms with E-state index in [1.807, 2.05) is 0 Å². The zero-order chi connectivity index (χ0) is 13.4. The number of imide groups is 1. The Kier molecular flexibility index (Phi) is 7.64. The molecule has 7 nitrogen and oxygen atoms in total. The summed E-state index contributed by atoms with van der Waals surface area (Å²) in [5.41, 5.74) is 0. The molecular weight excluding hydrogens is 230 g/mol. The summed E-state index contributed by atoms with van der Waals surface area (Å²) < 4.78 is 9.97. The summed E-state index contributed by atoms with van der Waals surface area (Å²) in [6.45, 7) is 0.711. The highest BCUT2D eigenvalue weighted by Gasteiger charge is 2.30. The SMILES string of the molecule is CO[C@H]([C@H](O)CO)[C@@H](CC(=O)NC(C)=O)OC. The lowest BCUT2D eigenvalue weighted by Crippen LogP contribution is -2.45. The van der Waals surface area contributed by atoms with Crippen LogP contribution in [0.5, 0.6) is 0 Å². The average molecular weight is 249 g/mol. The minimum absolute atomic E-state index is 0.147. The number of aliphatic hydroxyl groups is 2. The van der Waals surface area contributed by atoms with Crippen LogP contribution in [0.4, 0.5) is 0 Å². The average Bonchev–Trinajstić information content (AvgIpc) is 2.27. The number of aliphatic hydroxyl groups excluding tert-OH is 2. The van der Waals surface area contributed by atoms with Gasteiger partial charge in [-0.1, -0.05) is 0 Å². The molecule has 0 bridgehead atoms. The maximum Gasteiger partial charge on any atom is 0.229 e. The van der Waals surface area contributed by atoms with E-state index in [4.69, 9.17) is 14.6 Å². The molecule has 0 rings (SSSR count). The molecule has 3 atom stereocenters. The van der Waals surface area contributed by atoms with E-state index < -0.39 is 36.7 Å². The van der Waals surface area contributed by atoms with Crippen molar-refractivity contribution in [2.75, 3.05) is 20.8 Å². The highest BCUT2D eigenvalue weighted by molar-refractivity contribution is 5.94. The van der Waals surface area contributed by atoms with Gasteiger partial charge in [0.2, 0.25) is 11.8 Å². The Morgan fingerprint density at radius 1 is 1.29 bits per heavy atom. The first-order valence-electron chi connectivity index (χ1n) is 5.11. The maximum absolute atomic E-state index is 11.3. The van der Waals surface area contributed by atoms with Gasteiger partial charge in [-0.25, -0.2) is 0 Å². The fourth-order valence-corrected chi connectivity index (χ4v) is 1.42. The Bertz CT molecular complexity index is 257. The van der Waals surface area contributed by atoms with E-state index >= 15 is 0 Å². The summed E-state index contributed by atoms with van der Waals surface area (Å²) in [5, 5.41) is 20.4. The van der Waals surface area contributed by atoms with Crippen molar-refractivity contribution in [1.29, 1.82) is 0 Å². The summed E-state index contributed by atoms with van der Waals surface area (Å²) in [7, 11) is 2.68. The van der Waals surface area contributed by atoms with E-state index in [0.29, 0.717) is 0 Å². The summed E-state index contributed by atoms with van der Waals surface area (Å²) in [6, 6.07) is 0. The number of rotatable bonds is 7. The van der Waals surface area contributed by atoms with E-state index in [0.717, 1.165) is 0 Å². The van der Waals surface area contributed by atoms with Gasteiger partial charge in [-0.2, -0.15) is 0 Å². The van der Waals surface area contributed by atoms with E-state index in [1.54, 1.807) is 0 Å². The van der Waals surface area contributed by atoms with Crippen molar-refractivity contribution in [1.82, 2.24) is 5.32 Å². The Balaban J connectivity index is 4.48. The third-order valence-electron chi connectivity index (χ3n) is 2.21. The molecule has 0 aliphatic rings. The van der Waals surface area contributed by atoms with Crippen LogP contribution >= 0.6 is 0 Å². The molecule has 0 aliphatic carbocycles. The van der Waals surface area contributed by atoms with Crippen LogP contribution in [0.1, 0.15) is 13.3 Å². The molecule has 0 saturated heterocycles. The fraction of sp³-hybridized carbons (Fsp3) is 0.800. The standard InChI is InChI=1S/C10H19NO6/c1-6(13)11-9(15)4-8(16-2)10(17-3)7(14)5-12/h7-8,10,12,14H,4-5H2,1-3H3,(H,11,13,15)/t7-,8-,10-/m1/s1. The summed E-state index contributed by atoms with van der Waals surface area (Å²) in [6.07, 6.45) is -2.90. The molecule has 7 heteroatoms. The number of carbonyl (C=O) groups is 2. The van der Waals surface area contributed by atoms with Gasteiger partial charge in [-0.3, -0.25) is 14.9 Å². The number of ether oxygens (including phenoxy) is 2. The van der Waals surface area contributed by atoms with Crippen LogP contribution in [0, 0.1) is 0 Å². The minimum atomic E-state index is -1.16.